The Hall–Kier alpha value is -2.03. The van der Waals surface area contributed by atoms with Gasteiger partial charge in [0.05, 0.1) is 5.52 Å². The minimum atomic E-state index is 0.700. The van der Waals surface area contributed by atoms with Gasteiger partial charge in [0.1, 0.15) is 0 Å². The van der Waals surface area contributed by atoms with Gasteiger partial charge in [-0.05, 0) is 18.2 Å². The molecule has 0 bridgehead atoms. The van der Waals surface area contributed by atoms with Crippen molar-refractivity contribution >= 4 is 21.9 Å². The molecular weight excluding hydrogens is 174 g/mol. The van der Waals surface area contributed by atoms with Crippen molar-refractivity contribution in [1.29, 1.82) is 0 Å². The van der Waals surface area contributed by atoms with E-state index in [0.29, 0.717) is 5.65 Å². The van der Waals surface area contributed by atoms with Crippen LogP contribution in [0, 0.1) is 0 Å². The van der Waals surface area contributed by atoms with Crippen LogP contribution in [-0.2, 0) is 0 Å². The Morgan fingerprint density at radius 3 is 2.64 bits per heavy atom. The Labute approximate surface area is 80.4 Å². The molecule has 0 aliphatic heterocycles. The normalized spacial score (nSPS) is 10.9. The van der Waals surface area contributed by atoms with Crippen molar-refractivity contribution < 1.29 is 0 Å². The van der Waals surface area contributed by atoms with Gasteiger partial charge in [-0.25, -0.2) is 4.98 Å². The number of benzene rings is 1. The summed E-state index contributed by atoms with van der Waals surface area (Å²) in [5, 5.41) is 10.3. The van der Waals surface area contributed by atoms with Crippen LogP contribution >= 0.6 is 0 Å². The SMILES string of the molecule is c1ccc2c(c1)nnc1ncccc12. The molecule has 3 heteroatoms. The van der Waals surface area contributed by atoms with Crippen LogP contribution in [0.2, 0.25) is 0 Å². The van der Waals surface area contributed by atoms with E-state index in [9.17, 15) is 0 Å². The molecular formula is C11H7N3. The van der Waals surface area contributed by atoms with Gasteiger partial charge in [-0.2, -0.15) is 0 Å². The molecule has 2 heterocycles. The molecule has 14 heavy (non-hydrogen) atoms. The van der Waals surface area contributed by atoms with Crippen molar-refractivity contribution in [2.45, 2.75) is 0 Å². The highest BCUT2D eigenvalue weighted by molar-refractivity contribution is 6.01. The second-order valence-electron chi connectivity index (χ2n) is 3.09. The number of aromatic nitrogens is 3. The van der Waals surface area contributed by atoms with Gasteiger partial charge < -0.3 is 0 Å². The molecule has 66 valence electrons. The summed E-state index contributed by atoms with van der Waals surface area (Å²) in [7, 11) is 0. The van der Waals surface area contributed by atoms with Gasteiger partial charge in [-0.1, -0.05) is 18.2 Å². The molecule has 0 radical (unpaired) electrons. The summed E-state index contributed by atoms with van der Waals surface area (Å²) in [5.74, 6) is 0. The fourth-order valence-electron chi connectivity index (χ4n) is 1.58. The molecule has 0 amide bonds. The lowest BCUT2D eigenvalue weighted by Crippen LogP contribution is -1.88. The first-order valence-corrected chi connectivity index (χ1v) is 4.41. The number of nitrogens with zero attached hydrogens (tertiary/aromatic N) is 3. The predicted octanol–water partition coefficient (Wildman–Crippen LogP) is 2.18. The van der Waals surface area contributed by atoms with E-state index in [1.54, 1.807) is 6.20 Å². The van der Waals surface area contributed by atoms with Crippen molar-refractivity contribution in [3.8, 4) is 0 Å². The molecule has 0 fully saturated rings. The first-order chi connectivity index (χ1) is 6.95. The number of rotatable bonds is 0. The maximum atomic E-state index is 4.16. The zero-order valence-corrected chi connectivity index (χ0v) is 7.38. The van der Waals surface area contributed by atoms with E-state index in [4.69, 9.17) is 0 Å². The fourth-order valence-corrected chi connectivity index (χ4v) is 1.58. The molecule has 3 nitrogen and oxygen atoms in total. The topological polar surface area (TPSA) is 38.7 Å². The lowest BCUT2D eigenvalue weighted by atomic mass is 10.1. The number of hydrogen-bond donors (Lipinski definition) is 0. The van der Waals surface area contributed by atoms with E-state index in [2.05, 4.69) is 15.2 Å². The summed E-state index contributed by atoms with van der Waals surface area (Å²) in [5.41, 5.74) is 1.61. The Bertz CT molecular complexity index is 550. The van der Waals surface area contributed by atoms with Crippen molar-refractivity contribution in [3.63, 3.8) is 0 Å². The number of fused-ring (bicyclic) bond motifs is 3. The van der Waals surface area contributed by atoms with Crippen LogP contribution in [0.4, 0.5) is 0 Å². The van der Waals surface area contributed by atoms with Crippen LogP contribution in [0.15, 0.2) is 42.6 Å². The fraction of sp³-hybridized carbons (Fsp3) is 0. The smallest absolute Gasteiger partial charge is 0.182 e. The predicted molar refractivity (Wildman–Crippen MR) is 54.8 cm³/mol. The van der Waals surface area contributed by atoms with E-state index in [1.807, 2.05) is 36.4 Å². The average molecular weight is 181 g/mol. The highest BCUT2D eigenvalue weighted by Crippen LogP contribution is 2.19. The number of pyridine rings is 1. The zero-order valence-electron chi connectivity index (χ0n) is 7.38. The van der Waals surface area contributed by atoms with E-state index < -0.39 is 0 Å². The molecule has 0 atom stereocenters. The third-order valence-electron chi connectivity index (χ3n) is 2.23. The Morgan fingerprint density at radius 2 is 1.64 bits per heavy atom. The highest BCUT2D eigenvalue weighted by atomic mass is 15.1. The largest absolute Gasteiger partial charge is 0.235 e. The minimum Gasteiger partial charge on any atom is -0.235 e. The van der Waals surface area contributed by atoms with Crippen LogP contribution in [-0.4, -0.2) is 15.2 Å². The molecule has 0 saturated carbocycles. The van der Waals surface area contributed by atoms with Crippen LogP contribution in [0.5, 0.6) is 0 Å². The molecule has 3 rings (SSSR count). The first-order valence-electron chi connectivity index (χ1n) is 4.41. The standard InChI is InChI=1S/C11H7N3/c1-2-6-10-8(4-1)9-5-3-7-12-11(9)14-13-10/h1-7H. The van der Waals surface area contributed by atoms with Gasteiger partial charge in [0.2, 0.25) is 0 Å². The summed E-state index contributed by atoms with van der Waals surface area (Å²) in [6.45, 7) is 0. The summed E-state index contributed by atoms with van der Waals surface area (Å²) in [6, 6.07) is 11.9. The van der Waals surface area contributed by atoms with E-state index in [0.717, 1.165) is 16.3 Å². The van der Waals surface area contributed by atoms with Crippen molar-refractivity contribution in [2.75, 3.05) is 0 Å². The van der Waals surface area contributed by atoms with Gasteiger partial charge in [-0.3, -0.25) is 0 Å². The molecule has 0 aliphatic rings. The second-order valence-corrected chi connectivity index (χ2v) is 3.09. The lowest BCUT2D eigenvalue weighted by molar-refractivity contribution is 1.09. The summed E-state index contributed by atoms with van der Waals surface area (Å²) < 4.78 is 0. The van der Waals surface area contributed by atoms with Gasteiger partial charge in [-0.15, -0.1) is 10.2 Å². The molecule has 2 aromatic heterocycles. The van der Waals surface area contributed by atoms with Crippen molar-refractivity contribution in [1.82, 2.24) is 15.2 Å². The third-order valence-corrected chi connectivity index (χ3v) is 2.23. The third kappa shape index (κ3) is 0.956. The summed E-state index contributed by atoms with van der Waals surface area (Å²) in [4.78, 5) is 4.16. The van der Waals surface area contributed by atoms with Crippen molar-refractivity contribution in [2.24, 2.45) is 0 Å². The summed E-state index contributed by atoms with van der Waals surface area (Å²) >= 11 is 0. The van der Waals surface area contributed by atoms with Crippen LogP contribution in [0.3, 0.4) is 0 Å². The van der Waals surface area contributed by atoms with Gasteiger partial charge in [0.25, 0.3) is 0 Å². The Morgan fingerprint density at radius 1 is 0.786 bits per heavy atom. The van der Waals surface area contributed by atoms with Gasteiger partial charge in [0.15, 0.2) is 5.65 Å². The quantitative estimate of drug-likeness (QED) is 0.499. The first kappa shape index (κ1) is 7.38. The molecule has 0 unspecified atom stereocenters. The second kappa shape index (κ2) is 2.73. The monoisotopic (exact) mass is 181 g/mol. The van der Waals surface area contributed by atoms with Gasteiger partial charge >= 0.3 is 0 Å². The van der Waals surface area contributed by atoms with E-state index in [-0.39, 0.29) is 0 Å². The van der Waals surface area contributed by atoms with E-state index >= 15 is 0 Å². The van der Waals surface area contributed by atoms with Crippen LogP contribution in [0.25, 0.3) is 21.9 Å². The molecule has 0 aliphatic carbocycles. The molecule has 0 spiro atoms. The van der Waals surface area contributed by atoms with Gasteiger partial charge in [0, 0.05) is 17.0 Å². The van der Waals surface area contributed by atoms with Crippen LogP contribution in [0.1, 0.15) is 0 Å². The van der Waals surface area contributed by atoms with Crippen molar-refractivity contribution in [3.05, 3.63) is 42.6 Å². The number of hydrogen-bond acceptors (Lipinski definition) is 3. The van der Waals surface area contributed by atoms with E-state index in [1.165, 1.54) is 0 Å². The molecule has 0 saturated heterocycles. The van der Waals surface area contributed by atoms with Crippen LogP contribution < -0.4 is 0 Å². The maximum absolute atomic E-state index is 4.16. The zero-order chi connectivity index (χ0) is 9.38. The average Bonchev–Trinajstić information content (AvgIpc) is 2.29. The Kier molecular flexibility index (Phi) is 1.44. The minimum absolute atomic E-state index is 0.700. The highest BCUT2D eigenvalue weighted by Gasteiger charge is 2.01. The lowest BCUT2D eigenvalue weighted by Gasteiger charge is -1.99. The molecule has 3 aromatic rings. The Balaban J connectivity index is 2.61. The molecule has 0 N–H and O–H groups in total. The summed E-state index contributed by atoms with van der Waals surface area (Å²) in [6.07, 6.45) is 1.73. The maximum Gasteiger partial charge on any atom is 0.182 e. The molecule has 1 aromatic carbocycles.